The van der Waals surface area contributed by atoms with Crippen molar-refractivity contribution >= 4 is 5.91 Å². The van der Waals surface area contributed by atoms with Crippen LogP contribution < -0.4 is 5.32 Å². The van der Waals surface area contributed by atoms with Crippen molar-refractivity contribution in [2.75, 3.05) is 0 Å². The minimum atomic E-state index is -0.756. The molecule has 1 fully saturated rings. The Morgan fingerprint density at radius 2 is 1.92 bits per heavy atom. The van der Waals surface area contributed by atoms with Gasteiger partial charge in [0.15, 0.2) is 0 Å². The predicted molar refractivity (Wildman–Crippen MR) is 92.2 cm³/mol. The van der Waals surface area contributed by atoms with Gasteiger partial charge in [-0.25, -0.2) is 0 Å². The fourth-order valence-corrected chi connectivity index (χ4v) is 3.16. The molecule has 1 heterocycles. The Hall–Kier alpha value is -2.75. The first-order valence-electron chi connectivity index (χ1n) is 8.67. The molecule has 1 aliphatic carbocycles. The van der Waals surface area contributed by atoms with Gasteiger partial charge in [0.1, 0.15) is 12.1 Å². The van der Waals surface area contributed by atoms with Crippen molar-refractivity contribution in [3.8, 4) is 17.5 Å². The number of hydrogen-bond acceptors (Lipinski definition) is 5. The molecular formula is C18H22N6O. The summed E-state index contributed by atoms with van der Waals surface area (Å²) in [5.74, 6) is 0.230. The van der Waals surface area contributed by atoms with Crippen LogP contribution in [0.5, 0.6) is 0 Å². The molecule has 0 bridgehead atoms. The van der Waals surface area contributed by atoms with Crippen LogP contribution in [0.3, 0.4) is 0 Å². The van der Waals surface area contributed by atoms with Gasteiger partial charge in [0.25, 0.3) is 0 Å². The summed E-state index contributed by atoms with van der Waals surface area (Å²) in [6.45, 7) is 1.97. The molecule has 0 aliphatic heterocycles. The van der Waals surface area contributed by atoms with Crippen LogP contribution in [0.1, 0.15) is 44.1 Å². The summed E-state index contributed by atoms with van der Waals surface area (Å²) in [4.78, 5) is 13.6. The summed E-state index contributed by atoms with van der Waals surface area (Å²) in [7, 11) is 0. The Kier molecular flexibility index (Phi) is 5.08. The van der Waals surface area contributed by atoms with Gasteiger partial charge in [-0.15, -0.1) is 10.2 Å². The van der Waals surface area contributed by atoms with E-state index >= 15 is 0 Å². The molecule has 130 valence electrons. The Bertz CT molecular complexity index is 766. The number of tetrazole rings is 1. The third kappa shape index (κ3) is 4.21. The molecule has 7 heteroatoms. The molecule has 1 aliphatic rings. The summed E-state index contributed by atoms with van der Waals surface area (Å²) in [6, 6.07) is 10.1. The van der Waals surface area contributed by atoms with Crippen molar-refractivity contribution in [3.63, 3.8) is 0 Å². The van der Waals surface area contributed by atoms with E-state index < -0.39 is 5.54 Å². The monoisotopic (exact) mass is 338 g/mol. The zero-order chi connectivity index (χ0) is 17.7. The smallest absolute Gasteiger partial charge is 0.244 e. The molecular weight excluding hydrogens is 316 g/mol. The van der Waals surface area contributed by atoms with Crippen LogP contribution >= 0.6 is 0 Å². The topological polar surface area (TPSA) is 96.5 Å². The number of rotatable bonds is 4. The first kappa shape index (κ1) is 17.1. The van der Waals surface area contributed by atoms with E-state index in [1.54, 1.807) is 0 Å². The Morgan fingerprint density at radius 1 is 1.24 bits per heavy atom. The number of hydrogen-bond donors (Lipinski definition) is 1. The molecule has 1 amide bonds. The number of aromatic nitrogens is 4. The quantitative estimate of drug-likeness (QED) is 0.863. The van der Waals surface area contributed by atoms with Gasteiger partial charge in [0.05, 0.1) is 6.07 Å². The van der Waals surface area contributed by atoms with E-state index in [-0.39, 0.29) is 12.5 Å². The lowest BCUT2D eigenvalue weighted by molar-refractivity contribution is -0.123. The van der Waals surface area contributed by atoms with Crippen molar-refractivity contribution in [1.82, 2.24) is 25.5 Å². The van der Waals surface area contributed by atoms with Crippen LogP contribution in [0, 0.1) is 18.3 Å². The van der Waals surface area contributed by atoms with E-state index in [1.165, 1.54) is 4.80 Å². The van der Waals surface area contributed by atoms with Crippen molar-refractivity contribution in [2.45, 2.75) is 57.5 Å². The molecule has 0 unspecified atom stereocenters. The highest BCUT2D eigenvalue weighted by molar-refractivity contribution is 5.77. The molecule has 1 N–H and O–H groups in total. The minimum absolute atomic E-state index is 0.0394. The third-order valence-corrected chi connectivity index (χ3v) is 4.60. The minimum Gasteiger partial charge on any atom is -0.336 e. The van der Waals surface area contributed by atoms with Crippen LogP contribution in [-0.2, 0) is 11.3 Å². The largest absolute Gasteiger partial charge is 0.336 e. The van der Waals surface area contributed by atoms with Gasteiger partial charge in [-0.05, 0) is 25.0 Å². The van der Waals surface area contributed by atoms with Crippen molar-refractivity contribution < 1.29 is 4.79 Å². The van der Waals surface area contributed by atoms with Crippen LogP contribution in [0.15, 0.2) is 24.3 Å². The lowest BCUT2D eigenvalue weighted by Gasteiger charge is -2.26. The molecule has 7 nitrogen and oxygen atoms in total. The lowest BCUT2D eigenvalue weighted by Crippen LogP contribution is -2.48. The maximum absolute atomic E-state index is 12.4. The average molecular weight is 338 g/mol. The van der Waals surface area contributed by atoms with Crippen LogP contribution in [-0.4, -0.2) is 31.7 Å². The third-order valence-electron chi connectivity index (χ3n) is 4.60. The van der Waals surface area contributed by atoms with E-state index in [1.807, 2.05) is 31.2 Å². The molecule has 3 rings (SSSR count). The first-order chi connectivity index (χ1) is 12.1. The highest BCUT2D eigenvalue weighted by atomic mass is 16.2. The lowest BCUT2D eigenvalue weighted by atomic mass is 9.92. The van der Waals surface area contributed by atoms with Crippen molar-refractivity contribution in [3.05, 3.63) is 29.8 Å². The second-order valence-electron chi connectivity index (χ2n) is 6.67. The SMILES string of the molecule is Cc1ccc(-c2nnn(CC(=O)NC3(C#N)CCCCCC3)n2)cc1. The Balaban J connectivity index is 1.65. The number of carbonyl (C=O) groups is 1. The van der Waals surface area contributed by atoms with Gasteiger partial charge in [0.2, 0.25) is 11.7 Å². The zero-order valence-corrected chi connectivity index (χ0v) is 14.4. The maximum Gasteiger partial charge on any atom is 0.244 e. The molecule has 0 spiro atoms. The van der Waals surface area contributed by atoms with Gasteiger partial charge < -0.3 is 5.32 Å². The molecule has 1 saturated carbocycles. The second-order valence-corrected chi connectivity index (χ2v) is 6.67. The van der Waals surface area contributed by atoms with Gasteiger partial charge in [-0.1, -0.05) is 55.5 Å². The number of amides is 1. The Morgan fingerprint density at radius 3 is 2.56 bits per heavy atom. The zero-order valence-electron chi connectivity index (χ0n) is 14.4. The van der Waals surface area contributed by atoms with E-state index in [0.717, 1.165) is 36.8 Å². The van der Waals surface area contributed by atoms with E-state index in [0.29, 0.717) is 18.7 Å². The molecule has 1 aromatic heterocycles. The summed E-state index contributed by atoms with van der Waals surface area (Å²) < 4.78 is 0. The number of benzene rings is 1. The van der Waals surface area contributed by atoms with E-state index in [4.69, 9.17) is 0 Å². The van der Waals surface area contributed by atoms with Crippen LogP contribution in [0.2, 0.25) is 0 Å². The molecule has 1 aromatic carbocycles. The summed E-state index contributed by atoms with van der Waals surface area (Å²) in [5, 5.41) is 24.7. The molecule has 0 atom stereocenters. The molecule has 0 saturated heterocycles. The highest BCUT2D eigenvalue weighted by Gasteiger charge is 2.32. The fraction of sp³-hybridized carbons (Fsp3) is 0.500. The number of carbonyl (C=O) groups excluding carboxylic acids is 1. The molecule has 0 radical (unpaired) electrons. The van der Waals surface area contributed by atoms with Crippen LogP contribution in [0.4, 0.5) is 0 Å². The van der Waals surface area contributed by atoms with Crippen molar-refractivity contribution in [1.29, 1.82) is 5.26 Å². The van der Waals surface area contributed by atoms with Crippen LogP contribution in [0.25, 0.3) is 11.4 Å². The number of nitrogens with zero attached hydrogens (tertiary/aromatic N) is 5. The average Bonchev–Trinajstić information content (AvgIpc) is 2.93. The Labute approximate surface area is 147 Å². The summed E-state index contributed by atoms with van der Waals surface area (Å²) in [5.41, 5.74) is 1.25. The molecule has 25 heavy (non-hydrogen) atoms. The van der Waals surface area contributed by atoms with Crippen molar-refractivity contribution in [2.24, 2.45) is 0 Å². The van der Waals surface area contributed by atoms with E-state index in [9.17, 15) is 10.1 Å². The number of nitriles is 1. The first-order valence-corrected chi connectivity index (χ1v) is 8.67. The fourth-order valence-electron chi connectivity index (χ4n) is 3.16. The van der Waals surface area contributed by atoms with Gasteiger partial charge in [-0.2, -0.15) is 10.1 Å². The van der Waals surface area contributed by atoms with Gasteiger partial charge in [-0.3, -0.25) is 4.79 Å². The van der Waals surface area contributed by atoms with Gasteiger partial charge in [0, 0.05) is 5.56 Å². The summed E-state index contributed by atoms with van der Waals surface area (Å²) in [6.07, 6.45) is 5.57. The normalized spacial score (nSPS) is 16.6. The predicted octanol–water partition coefficient (Wildman–Crippen LogP) is 2.38. The number of aryl methyl sites for hydroxylation is 1. The maximum atomic E-state index is 12.4. The van der Waals surface area contributed by atoms with Gasteiger partial charge >= 0.3 is 0 Å². The highest BCUT2D eigenvalue weighted by Crippen LogP contribution is 2.26. The second kappa shape index (κ2) is 7.43. The van der Waals surface area contributed by atoms with E-state index in [2.05, 4.69) is 26.8 Å². The standard InChI is InChI=1S/C18H22N6O/c1-14-6-8-15(9-7-14)17-21-23-24(22-17)12-16(25)20-18(13-19)10-4-2-3-5-11-18/h6-9H,2-5,10-12H2,1H3,(H,20,25). The number of nitrogens with one attached hydrogen (secondary N) is 1. The molecule has 2 aromatic rings. The summed E-state index contributed by atoms with van der Waals surface area (Å²) >= 11 is 0.